The maximum atomic E-state index is 12.3. The van der Waals surface area contributed by atoms with E-state index in [4.69, 9.17) is 9.84 Å². The molecule has 5 nitrogen and oxygen atoms in total. The number of carboxylic acid groups (broad SMARTS) is 1. The van der Waals surface area contributed by atoms with Crippen molar-refractivity contribution in [1.82, 2.24) is 0 Å². The zero-order valence-corrected chi connectivity index (χ0v) is 12.6. The summed E-state index contributed by atoms with van der Waals surface area (Å²) in [5.74, 6) is -0.845. The number of ether oxygens (including phenoxy) is 1. The quantitative estimate of drug-likeness (QED) is 0.869. The number of aliphatic carboxylic acids is 1. The Kier molecular flexibility index (Phi) is 5.36. The summed E-state index contributed by atoms with van der Waals surface area (Å²) in [6.45, 7) is 0.633. The molecule has 0 radical (unpaired) electrons. The average Bonchev–Trinajstić information content (AvgIpc) is 2.46. The van der Waals surface area contributed by atoms with Crippen molar-refractivity contribution in [2.24, 2.45) is 0 Å². The standard InChI is InChI=1S/C15H20O5S/c16-15(17)9-6-12-4-7-14(8-5-12)21(18,19)11-13-3-1-2-10-20-13/h4-5,7-8,13H,1-3,6,9-11H2,(H,16,17). The first-order valence-electron chi connectivity index (χ1n) is 7.12. The van der Waals surface area contributed by atoms with E-state index in [0.29, 0.717) is 13.0 Å². The van der Waals surface area contributed by atoms with Crippen LogP contribution in [-0.2, 0) is 25.8 Å². The molecule has 0 saturated carbocycles. The fraction of sp³-hybridized carbons (Fsp3) is 0.533. The van der Waals surface area contributed by atoms with Crippen molar-refractivity contribution in [3.05, 3.63) is 29.8 Å². The molecule has 0 spiro atoms. The smallest absolute Gasteiger partial charge is 0.303 e. The van der Waals surface area contributed by atoms with Crippen LogP contribution in [0.15, 0.2) is 29.2 Å². The minimum atomic E-state index is -3.35. The van der Waals surface area contributed by atoms with Crippen molar-refractivity contribution in [1.29, 1.82) is 0 Å². The van der Waals surface area contributed by atoms with E-state index in [2.05, 4.69) is 0 Å². The largest absolute Gasteiger partial charge is 0.481 e. The van der Waals surface area contributed by atoms with Crippen LogP contribution in [0.25, 0.3) is 0 Å². The molecule has 0 aromatic heterocycles. The number of sulfone groups is 1. The number of hydrogen-bond donors (Lipinski definition) is 1. The van der Waals surface area contributed by atoms with Crippen LogP contribution in [0.3, 0.4) is 0 Å². The molecule has 2 rings (SSSR count). The molecule has 0 bridgehead atoms. The third-order valence-corrected chi connectivity index (χ3v) is 5.39. The topological polar surface area (TPSA) is 80.7 Å². The van der Waals surface area contributed by atoms with Gasteiger partial charge in [-0.2, -0.15) is 0 Å². The zero-order chi connectivity index (χ0) is 15.3. The Morgan fingerprint density at radius 1 is 1.24 bits per heavy atom. The van der Waals surface area contributed by atoms with E-state index in [-0.39, 0.29) is 23.2 Å². The molecule has 1 aliphatic heterocycles. The molecule has 1 aliphatic rings. The van der Waals surface area contributed by atoms with Gasteiger partial charge in [-0.3, -0.25) is 4.79 Å². The Morgan fingerprint density at radius 3 is 2.52 bits per heavy atom. The lowest BCUT2D eigenvalue weighted by atomic mass is 10.1. The van der Waals surface area contributed by atoms with Gasteiger partial charge in [0, 0.05) is 13.0 Å². The Hall–Kier alpha value is -1.40. The Labute approximate surface area is 124 Å². The number of rotatable bonds is 6. The summed E-state index contributed by atoms with van der Waals surface area (Å²) in [4.78, 5) is 10.8. The molecule has 1 fully saturated rings. The minimum Gasteiger partial charge on any atom is -0.481 e. The van der Waals surface area contributed by atoms with Crippen LogP contribution in [0.1, 0.15) is 31.2 Å². The van der Waals surface area contributed by atoms with Crippen LogP contribution in [0, 0.1) is 0 Å². The van der Waals surface area contributed by atoms with E-state index < -0.39 is 15.8 Å². The Bertz CT molecular complexity index is 571. The van der Waals surface area contributed by atoms with Gasteiger partial charge in [0.05, 0.1) is 16.8 Å². The van der Waals surface area contributed by atoms with Crippen LogP contribution in [-0.4, -0.2) is 38.0 Å². The lowest BCUT2D eigenvalue weighted by molar-refractivity contribution is -0.136. The molecule has 1 aromatic carbocycles. The summed E-state index contributed by atoms with van der Waals surface area (Å²) in [7, 11) is -3.35. The molecule has 1 heterocycles. The molecule has 1 saturated heterocycles. The number of carbonyl (C=O) groups is 1. The van der Waals surface area contributed by atoms with E-state index in [0.717, 1.165) is 24.8 Å². The summed E-state index contributed by atoms with van der Waals surface area (Å²) in [5, 5.41) is 8.63. The molecular formula is C15H20O5S. The first-order chi connectivity index (χ1) is 9.97. The predicted molar refractivity (Wildman–Crippen MR) is 78.0 cm³/mol. The van der Waals surface area contributed by atoms with Gasteiger partial charge in [-0.1, -0.05) is 12.1 Å². The van der Waals surface area contributed by atoms with Crippen LogP contribution < -0.4 is 0 Å². The first-order valence-corrected chi connectivity index (χ1v) is 8.78. The summed E-state index contributed by atoms with van der Waals surface area (Å²) < 4.78 is 30.1. The van der Waals surface area contributed by atoms with Crippen molar-refractivity contribution >= 4 is 15.8 Å². The average molecular weight is 312 g/mol. The number of carboxylic acids is 1. The maximum absolute atomic E-state index is 12.3. The lowest BCUT2D eigenvalue weighted by Crippen LogP contribution is -2.27. The van der Waals surface area contributed by atoms with Gasteiger partial charge in [-0.25, -0.2) is 8.42 Å². The van der Waals surface area contributed by atoms with Gasteiger partial charge in [0.1, 0.15) is 0 Å². The van der Waals surface area contributed by atoms with E-state index in [1.165, 1.54) is 0 Å². The monoisotopic (exact) mass is 312 g/mol. The number of benzene rings is 1. The van der Waals surface area contributed by atoms with Crippen LogP contribution in [0.4, 0.5) is 0 Å². The van der Waals surface area contributed by atoms with Crippen molar-refractivity contribution in [2.75, 3.05) is 12.4 Å². The fourth-order valence-electron chi connectivity index (χ4n) is 2.39. The molecule has 0 amide bonds. The lowest BCUT2D eigenvalue weighted by Gasteiger charge is -2.22. The molecule has 1 N–H and O–H groups in total. The second-order valence-electron chi connectivity index (χ2n) is 5.31. The summed E-state index contributed by atoms with van der Waals surface area (Å²) in [6, 6.07) is 6.46. The van der Waals surface area contributed by atoms with Gasteiger partial charge in [-0.05, 0) is 43.4 Å². The zero-order valence-electron chi connectivity index (χ0n) is 11.8. The van der Waals surface area contributed by atoms with Gasteiger partial charge in [0.2, 0.25) is 0 Å². The van der Waals surface area contributed by atoms with Gasteiger partial charge in [0.15, 0.2) is 9.84 Å². The van der Waals surface area contributed by atoms with Crippen LogP contribution in [0.2, 0.25) is 0 Å². The number of hydrogen-bond acceptors (Lipinski definition) is 4. The van der Waals surface area contributed by atoms with Crippen LogP contribution >= 0.6 is 0 Å². The van der Waals surface area contributed by atoms with Crippen molar-refractivity contribution in [3.63, 3.8) is 0 Å². The maximum Gasteiger partial charge on any atom is 0.303 e. The highest BCUT2D eigenvalue weighted by molar-refractivity contribution is 7.91. The second kappa shape index (κ2) is 7.04. The van der Waals surface area contributed by atoms with Gasteiger partial charge in [0.25, 0.3) is 0 Å². The highest BCUT2D eigenvalue weighted by Crippen LogP contribution is 2.19. The van der Waals surface area contributed by atoms with E-state index in [1.807, 2.05) is 0 Å². The summed E-state index contributed by atoms with van der Waals surface area (Å²) in [6.07, 6.45) is 3.03. The summed E-state index contributed by atoms with van der Waals surface area (Å²) >= 11 is 0. The Balaban J connectivity index is 2.00. The third kappa shape index (κ3) is 4.82. The Morgan fingerprint density at radius 2 is 1.95 bits per heavy atom. The molecule has 0 aliphatic carbocycles. The highest BCUT2D eigenvalue weighted by Gasteiger charge is 2.23. The minimum absolute atomic E-state index is 0.0153. The van der Waals surface area contributed by atoms with Gasteiger partial charge >= 0.3 is 5.97 Å². The van der Waals surface area contributed by atoms with Crippen LogP contribution in [0.5, 0.6) is 0 Å². The first kappa shape index (κ1) is 16.0. The highest BCUT2D eigenvalue weighted by atomic mass is 32.2. The van der Waals surface area contributed by atoms with Gasteiger partial charge < -0.3 is 9.84 Å². The molecule has 116 valence electrons. The molecule has 1 unspecified atom stereocenters. The predicted octanol–water partition coefficient (Wildman–Crippen LogP) is 2.05. The van der Waals surface area contributed by atoms with E-state index >= 15 is 0 Å². The molecule has 6 heteroatoms. The van der Waals surface area contributed by atoms with Crippen molar-refractivity contribution in [3.8, 4) is 0 Å². The van der Waals surface area contributed by atoms with Gasteiger partial charge in [-0.15, -0.1) is 0 Å². The molecular weight excluding hydrogens is 292 g/mol. The summed E-state index contributed by atoms with van der Waals surface area (Å²) in [5.41, 5.74) is 0.824. The fourth-order valence-corrected chi connectivity index (χ4v) is 3.89. The third-order valence-electron chi connectivity index (χ3n) is 3.59. The van der Waals surface area contributed by atoms with E-state index in [9.17, 15) is 13.2 Å². The van der Waals surface area contributed by atoms with E-state index in [1.54, 1.807) is 24.3 Å². The second-order valence-corrected chi connectivity index (χ2v) is 7.34. The van der Waals surface area contributed by atoms with Crippen molar-refractivity contribution < 1.29 is 23.1 Å². The molecule has 1 atom stereocenters. The van der Waals surface area contributed by atoms with Crippen molar-refractivity contribution in [2.45, 2.75) is 43.1 Å². The number of aryl methyl sites for hydroxylation is 1. The SMILES string of the molecule is O=C(O)CCc1ccc(S(=O)(=O)CC2CCCCO2)cc1. The molecule has 1 aromatic rings. The molecule has 21 heavy (non-hydrogen) atoms. The normalized spacial score (nSPS) is 19.3.